The van der Waals surface area contributed by atoms with Gasteiger partial charge >= 0.3 is 0 Å². The molecule has 0 aliphatic rings. The maximum atomic E-state index is 3.68. The monoisotopic (exact) mass is 255 g/mol. The molecule has 1 N–H and O–H groups in total. The third kappa shape index (κ3) is 4.25. The summed E-state index contributed by atoms with van der Waals surface area (Å²) in [5.41, 5.74) is 1.34. The fourth-order valence-corrected chi connectivity index (χ4v) is 1.84. The zero-order chi connectivity index (χ0) is 10.2. The molecule has 1 aromatic rings. The number of unbranched alkanes of at least 4 members (excludes halogenated alkanes) is 1. The van der Waals surface area contributed by atoms with Gasteiger partial charge in [0.15, 0.2) is 0 Å². The maximum absolute atomic E-state index is 3.68. The van der Waals surface area contributed by atoms with E-state index in [1.807, 2.05) is 6.07 Å². The van der Waals surface area contributed by atoms with Gasteiger partial charge in [-0.3, -0.25) is 0 Å². The van der Waals surface area contributed by atoms with Gasteiger partial charge in [-0.1, -0.05) is 59.6 Å². The van der Waals surface area contributed by atoms with Gasteiger partial charge in [0.1, 0.15) is 0 Å². The van der Waals surface area contributed by atoms with Crippen LogP contribution in [0.3, 0.4) is 0 Å². The van der Waals surface area contributed by atoms with Crippen molar-refractivity contribution in [3.63, 3.8) is 0 Å². The van der Waals surface area contributed by atoms with Crippen molar-refractivity contribution in [3.8, 4) is 0 Å². The smallest absolute Gasteiger partial charge is 0.0519 e. The van der Waals surface area contributed by atoms with Gasteiger partial charge < -0.3 is 5.32 Å². The van der Waals surface area contributed by atoms with Crippen LogP contribution in [-0.4, -0.2) is 13.1 Å². The van der Waals surface area contributed by atoms with E-state index in [1.165, 1.54) is 18.4 Å². The van der Waals surface area contributed by atoms with Gasteiger partial charge in [0.25, 0.3) is 0 Å². The Morgan fingerprint density at radius 2 is 2.00 bits per heavy atom. The molecule has 0 amide bonds. The van der Waals surface area contributed by atoms with Crippen LogP contribution in [0, 0.1) is 0 Å². The Bertz CT molecular complexity index is 235. The first-order valence-electron chi connectivity index (χ1n) is 5.24. The average molecular weight is 256 g/mol. The molecule has 2 heteroatoms. The molecule has 78 valence electrons. The zero-order valence-electron chi connectivity index (χ0n) is 8.67. The van der Waals surface area contributed by atoms with E-state index in [4.69, 9.17) is 0 Å². The topological polar surface area (TPSA) is 12.0 Å². The van der Waals surface area contributed by atoms with Crippen LogP contribution in [-0.2, 0) is 0 Å². The van der Waals surface area contributed by atoms with Gasteiger partial charge in [-0.25, -0.2) is 0 Å². The highest BCUT2D eigenvalue weighted by molar-refractivity contribution is 9.09. The Kier molecular flexibility index (Phi) is 5.88. The number of hydrogen-bond donors (Lipinski definition) is 1. The number of alkyl halides is 1. The molecule has 0 heterocycles. The van der Waals surface area contributed by atoms with E-state index in [2.05, 4.69) is 52.4 Å². The lowest BCUT2D eigenvalue weighted by atomic mass is 10.1. The Morgan fingerprint density at radius 3 is 2.64 bits per heavy atom. The minimum Gasteiger partial charge on any atom is -0.315 e. The van der Waals surface area contributed by atoms with Crippen LogP contribution < -0.4 is 5.32 Å². The van der Waals surface area contributed by atoms with Crippen molar-refractivity contribution in [2.45, 2.75) is 24.6 Å². The Hall–Kier alpha value is -0.340. The number of benzene rings is 1. The second-order valence-electron chi connectivity index (χ2n) is 3.44. The lowest BCUT2D eigenvalue weighted by Crippen LogP contribution is -2.19. The van der Waals surface area contributed by atoms with Crippen molar-refractivity contribution in [1.29, 1.82) is 0 Å². The molecule has 0 radical (unpaired) electrons. The van der Waals surface area contributed by atoms with Gasteiger partial charge in [-0.15, -0.1) is 0 Å². The maximum Gasteiger partial charge on any atom is 0.0519 e. The second kappa shape index (κ2) is 7.02. The molecule has 1 unspecified atom stereocenters. The molecular weight excluding hydrogens is 238 g/mol. The van der Waals surface area contributed by atoms with Crippen LogP contribution in [0.25, 0.3) is 0 Å². The molecule has 0 saturated heterocycles. The van der Waals surface area contributed by atoms with Crippen LogP contribution in [0.5, 0.6) is 0 Å². The SMILES string of the molecule is CCCCNCC(Br)c1ccccc1. The second-order valence-corrected chi connectivity index (χ2v) is 4.54. The van der Waals surface area contributed by atoms with Crippen molar-refractivity contribution in [3.05, 3.63) is 35.9 Å². The van der Waals surface area contributed by atoms with Crippen molar-refractivity contribution in [2.24, 2.45) is 0 Å². The van der Waals surface area contributed by atoms with E-state index in [0.717, 1.165) is 13.1 Å². The first-order valence-corrected chi connectivity index (χ1v) is 6.16. The summed E-state index contributed by atoms with van der Waals surface area (Å²) in [5.74, 6) is 0. The summed E-state index contributed by atoms with van der Waals surface area (Å²) in [6.45, 7) is 4.33. The highest BCUT2D eigenvalue weighted by Gasteiger charge is 2.04. The van der Waals surface area contributed by atoms with Gasteiger partial charge in [0.05, 0.1) is 4.83 Å². The van der Waals surface area contributed by atoms with E-state index < -0.39 is 0 Å². The normalized spacial score (nSPS) is 12.7. The molecule has 1 aromatic carbocycles. The molecule has 0 saturated carbocycles. The van der Waals surface area contributed by atoms with Crippen LogP contribution in [0.1, 0.15) is 30.2 Å². The third-order valence-corrected chi connectivity index (χ3v) is 3.04. The number of rotatable bonds is 6. The van der Waals surface area contributed by atoms with Gasteiger partial charge in [0.2, 0.25) is 0 Å². The molecule has 0 aliphatic carbocycles. The van der Waals surface area contributed by atoms with Crippen LogP contribution in [0.4, 0.5) is 0 Å². The van der Waals surface area contributed by atoms with Crippen molar-refractivity contribution in [2.75, 3.05) is 13.1 Å². The summed E-state index contributed by atoms with van der Waals surface area (Å²) in [6, 6.07) is 10.5. The quantitative estimate of drug-likeness (QED) is 0.606. The Balaban J connectivity index is 2.25. The van der Waals surface area contributed by atoms with E-state index >= 15 is 0 Å². The van der Waals surface area contributed by atoms with E-state index in [-0.39, 0.29) is 0 Å². The van der Waals surface area contributed by atoms with Gasteiger partial charge in [0, 0.05) is 6.54 Å². The molecule has 0 fully saturated rings. The predicted molar refractivity (Wildman–Crippen MR) is 65.9 cm³/mol. The standard InChI is InChI=1S/C12H18BrN/c1-2-3-9-14-10-12(13)11-7-5-4-6-8-11/h4-8,12,14H,2-3,9-10H2,1H3. The number of nitrogens with one attached hydrogen (secondary N) is 1. The highest BCUT2D eigenvalue weighted by atomic mass is 79.9. The summed E-state index contributed by atoms with van der Waals surface area (Å²) >= 11 is 3.68. The number of halogens is 1. The van der Waals surface area contributed by atoms with E-state index in [1.54, 1.807) is 0 Å². The first kappa shape index (κ1) is 11.7. The minimum absolute atomic E-state index is 0.431. The highest BCUT2D eigenvalue weighted by Crippen LogP contribution is 2.20. The van der Waals surface area contributed by atoms with E-state index in [9.17, 15) is 0 Å². The average Bonchev–Trinajstić information content (AvgIpc) is 2.25. The molecule has 0 aromatic heterocycles. The molecule has 0 spiro atoms. The molecule has 1 nitrogen and oxygen atoms in total. The Labute approximate surface area is 95.0 Å². The van der Waals surface area contributed by atoms with Crippen molar-refractivity contribution < 1.29 is 0 Å². The van der Waals surface area contributed by atoms with Gasteiger partial charge in [-0.2, -0.15) is 0 Å². The summed E-state index contributed by atoms with van der Waals surface area (Å²) < 4.78 is 0. The Morgan fingerprint density at radius 1 is 1.29 bits per heavy atom. The molecule has 0 bridgehead atoms. The first-order chi connectivity index (χ1) is 6.84. The fourth-order valence-electron chi connectivity index (χ4n) is 1.31. The summed E-state index contributed by atoms with van der Waals surface area (Å²) in [7, 11) is 0. The van der Waals surface area contributed by atoms with Crippen LogP contribution >= 0.6 is 15.9 Å². The van der Waals surface area contributed by atoms with Crippen molar-refractivity contribution in [1.82, 2.24) is 5.32 Å². The van der Waals surface area contributed by atoms with E-state index in [0.29, 0.717) is 4.83 Å². The largest absolute Gasteiger partial charge is 0.315 e. The summed E-state index contributed by atoms with van der Waals surface area (Å²) in [4.78, 5) is 0.431. The summed E-state index contributed by atoms with van der Waals surface area (Å²) in [6.07, 6.45) is 2.51. The summed E-state index contributed by atoms with van der Waals surface area (Å²) in [5, 5.41) is 3.44. The third-order valence-electron chi connectivity index (χ3n) is 2.19. The van der Waals surface area contributed by atoms with Crippen LogP contribution in [0.15, 0.2) is 30.3 Å². The molecule has 14 heavy (non-hydrogen) atoms. The minimum atomic E-state index is 0.431. The lowest BCUT2D eigenvalue weighted by Gasteiger charge is -2.10. The molecule has 0 aliphatic heterocycles. The van der Waals surface area contributed by atoms with Crippen molar-refractivity contribution >= 4 is 15.9 Å². The molecule has 1 atom stereocenters. The molecular formula is C12H18BrN. The fraction of sp³-hybridized carbons (Fsp3) is 0.500. The van der Waals surface area contributed by atoms with Gasteiger partial charge in [-0.05, 0) is 18.5 Å². The lowest BCUT2D eigenvalue weighted by molar-refractivity contribution is 0.638. The zero-order valence-corrected chi connectivity index (χ0v) is 10.3. The predicted octanol–water partition coefficient (Wildman–Crippen LogP) is 3.51. The molecule has 1 rings (SSSR count). The number of hydrogen-bond acceptors (Lipinski definition) is 1. The van der Waals surface area contributed by atoms with Crippen LogP contribution in [0.2, 0.25) is 0 Å².